The molecule has 0 bridgehead atoms. The first-order valence-electron chi connectivity index (χ1n) is 3.57. The fraction of sp³-hybridized carbons (Fsp3) is 0.714. The summed E-state index contributed by atoms with van der Waals surface area (Å²) in [6.07, 6.45) is 4.07. The second-order valence-electron chi connectivity index (χ2n) is 2.56. The first-order chi connectivity index (χ1) is 4.83. The second-order valence-corrected chi connectivity index (χ2v) is 2.56. The zero-order chi connectivity index (χ0) is 7.40. The monoisotopic (exact) mass is 141 g/mol. The molecule has 1 amide bonds. The molecule has 0 saturated carbocycles. The molecule has 3 nitrogen and oxygen atoms in total. The Kier molecular flexibility index (Phi) is 2.42. The van der Waals surface area contributed by atoms with E-state index in [4.69, 9.17) is 0 Å². The third-order valence-corrected chi connectivity index (χ3v) is 1.68. The van der Waals surface area contributed by atoms with Crippen molar-refractivity contribution < 1.29 is 9.59 Å². The summed E-state index contributed by atoms with van der Waals surface area (Å²) in [5.41, 5.74) is 0. The Morgan fingerprint density at radius 1 is 1.50 bits per heavy atom. The number of hydrogen-bond acceptors (Lipinski definition) is 2. The summed E-state index contributed by atoms with van der Waals surface area (Å²) in [5, 5.41) is 2.62. The molecule has 1 rings (SSSR count). The van der Waals surface area contributed by atoms with Crippen LogP contribution in [-0.2, 0) is 9.59 Å². The zero-order valence-corrected chi connectivity index (χ0v) is 5.80. The van der Waals surface area contributed by atoms with E-state index in [0.717, 1.165) is 25.5 Å². The number of nitrogens with one attached hydrogen (secondary N) is 1. The lowest BCUT2D eigenvalue weighted by molar-refractivity contribution is -0.123. The quantitative estimate of drug-likeness (QED) is 0.532. The molecule has 1 atom stereocenters. The highest BCUT2D eigenvalue weighted by atomic mass is 16.2. The van der Waals surface area contributed by atoms with Gasteiger partial charge in [-0.3, -0.25) is 4.79 Å². The van der Waals surface area contributed by atoms with Crippen molar-refractivity contribution in [2.45, 2.75) is 31.7 Å². The maximum absolute atomic E-state index is 10.8. The number of aldehydes is 1. The molecule has 56 valence electrons. The summed E-state index contributed by atoms with van der Waals surface area (Å²) >= 11 is 0. The van der Waals surface area contributed by atoms with Gasteiger partial charge in [-0.05, 0) is 12.8 Å². The Bertz CT molecular complexity index is 145. The number of carbonyl (C=O) groups excluding carboxylic acids is 2. The molecule has 0 aromatic carbocycles. The Morgan fingerprint density at radius 3 is 3.00 bits per heavy atom. The Morgan fingerprint density at radius 2 is 2.30 bits per heavy atom. The van der Waals surface area contributed by atoms with Crippen LogP contribution in [0.25, 0.3) is 0 Å². The van der Waals surface area contributed by atoms with Crippen molar-refractivity contribution in [3.63, 3.8) is 0 Å². The summed E-state index contributed by atoms with van der Waals surface area (Å²) in [6, 6.07) is -0.227. The van der Waals surface area contributed by atoms with Crippen LogP contribution < -0.4 is 5.32 Å². The van der Waals surface area contributed by atoms with Gasteiger partial charge in [-0.15, -0.1) is 0 Å². The van der Waals surface area contributed by atoms with Gasteiger partial charge in [0.1, 0.15) is 6.29 Å². The second kappa shape index (κ2) is 3.34. The van der Waals surface area contributed by atoms with E-state index in [9.17, 15) is 9.59 Å². The van der Waals surface area contributed by atoms with Crippen LogP contribution in [0.1, 0.15) is 25.7 Å². The lowest BCUT2D eigenvalue weighted by Gasteiger charge is -2.05. The van der Waals surface area contributed by atoms with Gasteiger partial charge in [0, 0.05) is 6.42 Å². The van der Waals surface area contributed by atoms with E-state index in [0.29, 0.717) is 6.42 Å². The minimum absolute atomic E-state index is 0.00889. The number of amides is 1. The largest absolute Gasteiger partial charge is 0.347 e. The van der Waals surface area contributed by atoms with Gasteiger partial charge >= 0.3 is 0 Å². The standard InChI is InChI=1S/C7H11NO2/c9-5-6-3-1-2-4-7(10)8-6/h5-6H,1-4H2,(H,8,10). The van der Waals surface area contributed by atoms with Crippen molar-refractivity contribution >= 4 is 12.2 Å². The smallest absolute Gasteiger partial charge is 0.220 e. The van der Waals surface area contributed by atoms with Crippen LogP contribution in [0.3, 0.4) is 0 Å². The van der Waals surface area contributed by atoms with Gasteiger partial charge in [-0.2, -0.15) is 0 Å². The highest BCUT2D eigenvalue weighted by Gasteiger charge is 2.14. The molecule has 0 aromatic rings. The van der Waals surface area contributed by atoms with E-state index in [1.54, 1.807) is 0 Å². The van der Waals surface area contributed by atoms with E-state index in [1.165, 1.54) is 0 Å². The Hall–Kier alpha value is -0.860. The van der Waals surface area contributed by atoms with Crippen LogP contribution in [0, 0.1) is 0 Å². The van der Waals surface area contributed by atoms with Crippen molar-refractivity contribution in [3.8, 4) is 0 Å². The molecule has 10 heavy (non-hydrogen) atoms. The molecule has 3 heteroatoms. The summed E-state index contributed by atoms with van der Waals surface area (Å²) in [7, 11) is 0. The lowest BCUT2D eigenvalue weighted by atomic mass is 10.1. The minimum atomic E-state index is -0.227. The molecule has 1 saturated heterocycles. The zero-order valence-electron chi connectivity index (χ0n) is 5.80. The van der Waals surface area contributed by atoms with Gasteiger partial charge < -0.3 is 10.1 Å². The van der Waals surface area contributed by atoms with Gasteiger partial charge in [0.05, 0.1) is 6.04 Å². The molecule has 1 fully saturated rings. The summed E-state index contributed by atoms with van der Waals surface area (Å²) in [5.74, 6) is 0.00889. The Labute approximate surface area is 59.8 Å². The molecule has 1 aliphatic rings. The third kappa shape index (κ3) is 1.83. The predicted octanol–water partition coefficient (Wildman–Crippen LogP) is 0.244. The SMILES string of the molecule is O=CC1CCCCC(=O)N1. The number of rotatable bonds is 1. The average Bonchev–Trinajstić information content (AvgIpc) is 2.13. The molecule has 1 unspecified atom stereocenters. The predicted molar refractivity (Wildman–Crippen MR) is 36.5 cm³/mol. The minimum Gasteiger partial charge on any atom is -0.347 e. The first kappa shape index (κ1) is 7.25. The summed E-state index contributed by atoms with van der Waals surface area (Å²) in [4.78, 5) is 21.0. The number of hydrogen-bond donors (Lipinski definition) is 1. The molecule has 1 aliphatic heterocycles. The van der Waals surface area contributed by atoms with Crippen molar-refractivity contribution in [1.29, 1.82) is 0 Å². The average molecular weight is 141 g/mol. The van der Waals surface area contributed by atoms with E-state index < -0.39 is 0 Å². The number of carbonyl (C=O) groups is 2. The molecule has 0 spiro atoms. The van der Waals surface area contributed by atoms with Crippen LogP contribution >= 0.6 is 0 Å². The van der Waals surface area contributed by atoms with Gasteiger partial charge in [0.25, 0.3) is 0 Å². The molecule has 1 N–H and O–H groups in total. The molecule has 0 radical (unpaired) electrons. The third-order valence-electron chi connectivity index (χ3n) is 1.68. The molecular formula is C7H11NO2. The molecule has 0 aromatic heterocycles. The van der Waals surface area contributed by atoms with E-state index >= 15 is 0 Å². The highest BCUT2D eigenvalue weighted by molar-refractivity contribution is 5.79. The van der Waals surface area contributed by atoms with Gasteiger partial charge in [-0.1, -0.05) is 6.42 Å². The van der Waals surface area contributed by atoms with Gasteiger partial charge in [-0.25, -0.2) is 0 Å². The molecule has 1 heterocycles. The summed E-state index contributed by atoms with van der Waals surface area (Å²) < 4.78 is 0. The van der Waals surface area contributed by atoms with Crippen molar-refractivity contribution in [2.24, 2.45) is 0 Å². The maximum Gasteiger partial charge on any atom is 0.220 e. The molecule has 0 aliphatic carbocycles. The van der Waals surface area contributed by atoms with Crippen molar-refractivity contribution in [3.05, 3.63) is 0 Å². The van der Waals surface area contributed by atoms with E-state index in [-0.39, 0.29) is 11.9 Å². The van der Waals surface area contributed by atoms with E-state index in [1.807, 2.05) is 0 Å². The fourth-order valence-electron chi connectivity index (χ4n) is 1.10. The van der Waals surface area contributed by atoms with Crippen molar-refractivity contribution in [1.82, 2.24) is 5.32 Å². The van der Waals surface area contributed by atoms with Gasteiger partial charge in [0.15, 0.2) is 0 Å². The Balaban J connectivity index is 2.45. The van der Waals surface area contributed by atoms with E-state index in [2.05, 4.69) is 5.32 Å². The highest BCUT2D eigenvalue weighted by Crippen LogP contribution is 2.07. The van der Waals surface area contributed by atoms with Crippen LogP contribution in [-0.4, -0.2) is 18.2 Å². The fourth-order valence-corrected chi connectivity index (χ4v) is 1.10. The van der Waals surface area contributed by atoms with Crippen LogP contribution in [0.5, 0.6) is 0 Å². The molecular weight excluding hydrogens is 130 g/mol. The lowest BCUT2D eigenvalue weighted by Crippen LogP contribution is -2.33. The topological polar surface area (TPSA) is 46.2 Å². The normalized spacial score (nSPS) is 26.8. The first-order valence-corrected chi connectivity index (χ1v) is 3.57. The van der Waals surface area contributed by atoms with Crippen LogP contribution in [0.2, 0.25) is 0 Å². The summed E-state index contributed by atoms with van der Waals surface area (Å²) in [6.45, 7) is 0. The van der Waals surface area contributed by atoms with Gasteiger partial charge in [0.2, 0.25) is 5.91 Å². The van der Waals surface area contributed by atoms with Crippen molar-refractivity contribution in [2.75, 3.05) is 0 Å². The maximum atomic E-state index is 10.8. The van der Waals surface area contributed by atoms with Crippen LogP contribution in [0.15, 0.2) is 0 Å². The van der Waals surface area contributed by atoms with Crippen LogP contribution in [0.4, 0.5) is 0 Å².